The van der Waals surface area contributed by atoms with E-state index in [1.807, 2.05) is 0 Å². The van der Waals surface area contributed by atoms with Crippen LogP contribution in [0.3, 0.4) is 0 Å². The number of ether oxygens (including phenoxy) is 9. The normalized spacial score (nSPS) is 28.9. The maximum Gasteiger partial charge on any atom is 0.472 e. The van der Waals surface area contributed by atoms with Crippen molar-refractivity contribution in [2.45, 2.75) is 317 Å². The summed E-state index contributed by atoms with van der Waals surface area (Å²) < 4.78 is 98.6. The van der Waals surface area contributed by atoms with Crippen LogP contribution in [0.4, 0.5) is 0 Å². The molecule has 4 saturated heterocycles. The van der Waals surface area contributed by atoms with Crippen molar-refractivity contribution in [3.63, 3.8) is 0 Å². The van der Waals surface area contributed by atoms with Crippen LogP contribution in [0.25, 0.3) is 0 Å². The molecule has 704 valence electrons. The van der Waals surface area contributed by atoms with Gasteiger partial charge in [-0.3, -0.25) is 56.5 Å². The molecule has 5 fully saturated rings. The van der Waals surface area contributed by atoms with E-state index in [4.69, 9.17) is 61.3 Å². The lowest BCUT2D eigenvalue weighted by molar-refractivity contribution is -0.282. The Morgan fingerprint density at radius 1 is 0.446 bits per heavy atom. The van der Waals surface area contributed by atoms with Crippen LogP contribution in [-0.4, -0.2) is 341 Å². The minimum Gasteiger partial charge on any atom is -0.400 e. The number of phosphoric acid groups is 2. The van der Waals surface area contributed by atoms with E-state index >= 15 is 0 Å². The van der Waals surface area contributed by atoms with Gasteiger partial charge >= 0.3 is 15.6 Å². The molecular weight excluding hydrogens is 1640 g/mol. The fraction of sp³-hybridized carbons (Fsp3) is 0.900. The highest BCUT2D eigenvalue weighted by atomic mass is 31.2. The number of likely N-dealkylation sites (tertiary alicyclic amines) is 1. The Bertz CT molecular complexity index is 2880. The molecule has 9 unspecified atom stereocenters. The van der Waals surface area contributed by atoms with Gasteiger partial charge in [0, 0.05) is 154 Å². The zero-order chi connectivity index (χ0) is 89.7. The number of hydrogen-bond acceptors (Lipinski definition) is 34. The van der Waals surface area contributed by atoms with Crippen LogP contribution < -0.4 is 10.6 Å². The van der Waals surface area contributed by atoms with Gasteiger partial charge in [-0.25, -0.2) is 9.13 Å². The molecule has 3 amide bonds. The van der Waals surface area contributed by atoms with Gasteiger partial charge in [0.05, 0.1) is 115 Å². The van der Waals surface area contributed by atoms with Crippen molar-refractivity contribution in [3.05, 3.63) is 0 Å². The van der Waals surface area contributed by atoms with Crippen LogP contribution in [0.1, 0.15) is 214 Å². The van der Waals surface area contributed by atoms with Gasteiger partial charge in [-0.1, -0.05) is 33.6 Å². The van der Waals surface area contributed by atoms with E-state index in [1.54, 1.807) is 27.7 Å². The molecule has 39 nitrogen and oxygen atoms in total. The number of aliphatic hydroxyl groups is 11. The molecule has 15 N–H and O–H groups in total. The molecule has 4 heterocycles. The second-order valence-corrected chi connectivity index (χ2v) is 35.3. The maximum atomic E-state index is 14.4. The Kier molecular flexibility index (Phi) is 53.7. The molecule has 0 aromatic carbocycles. The van der Waals surface area contributed by atoms with Gasteiger partial charge in [-0.15, -0.1) is 0 Å². The standard InChI is InChI=1S/C79H139N3O35P2.CH4O/c1-51-38-64(117-118(101,102)105-5)67(113-51)47-112-119(103,104)116-62-40-56(44-84)82(42-62)70(94)41-69(93)81-79(48-106-35-28-60(90)22-10-6-8-20-57(87)26-14-18-33-110-77-53(3)72(96)75(99)65(45-85)114-77,49-107-36-29-61(91)23-11-7-9-21-58(88)27-15-19-34-111-78-54(4)73(97)76(100)66(46-86)115-78)50-108-37-30-68(92)80-31-16-12-24-59(89)25-13-17-32-109-63-39-55(43-83)74(98)71(95)52(63)2;1-2/h51-56,62-67,71-78,83-86,95-100H,6-50H2,1-5H3,(H,80,92)(H,81,93)(H,101,102)(H,103,104);2H,1H3/t51-,52?,53?,54?,55?,56-,62+,63+,64?,65?,66?,67+,71+,72+,73+,74-,75-,76-,77+,78+,79?;/m0./s1. The lowest BCUT2D eigenvalue weighted by atomic mass is 9.77. The van der Waals surface area contributed by atoms with Crippen LogP contribution in [0.5, 0.6) is 0 Å². The number of unbranched alkanes of at least 4 members (excludes halogenated alkanes) is 8. The highest BCUT2D eigenvalue weighted by Crippen LogP contribution is 2.50. The van der Waals surface area contributed by atoms with Crippen molar-refractivity contribution in [2.75, 3.05) is 120 Å². The van der Waals surface area contributed by atoms with Crippen LogP contribution in [-0.2, 0) is 108 Å². The van der Waals surface area contributed by atoms with Crippen molar-refractivity contribution in [2.24, 2.45) is 23.7 Å². The first-order valence-corrected chi connectivity index (χ1v) is 45.9. The molecule has 5 rings (SSSR count). The maximum absolute atomic E-state index is 14.4. The lowest BCUT2D eigenvalue weighted by Gasteiger charge is -2.40. The zero-order valence-corrected chi connectivity index (χ0v) is 73.2. The zero-order valence-electron chi connectivity index (χ0n) is 71.4. The molecular formula is C80H143N3O36P2. The van der Waals surface area contributed by atoms with E-state index in [0.717, 1.165) is 19.1 Å². The summed E-state index contributed by atoms with van der Waals surface area (Å²) >= 11 is 0. The first-order chi connectivity index (χ1) is 57.7. The average Bonchev–Trinajstić information content (AvgIpc) is 1.40. The number of nitrogens with zero attached hydrogens (tertiary/aromatic N) is 1. The quantitative estimate of drug-likeness (QED) is 0.0235. The highest BCUT2D eigenvalue weighted by molar-refractivity contribution is 7.47. The van der Waals surface area contributed by atoms with E-state index in [1.165, 1.54) is 0 Å². The third-order valence-electron chi connectivity index (χ3n) is 22.4. The molecule has 0 aromatic heterocycles. The van der Waals surface area contributed by atoms with Crippen LogP contribution in [0.15, 0.2) is 0 Å². The number of amides is 3. The van der Waals surface area contributed by atoms with Gasteiger partial charge in [0.1, 0.15) is 77.5 Å². The van der Waals surface area contributed by atoms with Gasteiger partial charge in [0.25, 0.3) is 0 Å². The highest BCUT2D eigenvalue weighted by Gasteiger charge is 2.47. The van der Waals surface area contributed by atoms with E-state index in [2.05, 4.69) is 15.2 Å². The van der Waals surface area contributed by atoms with Gasteiger partial charge in [0.2, 0.25) is 17.7 Å². The molecule has 1 saturated carbocycles. The van der Waals surface area contributed by atoms with Crippen molar-refractivity contribution >= 4 is 62.3 Å². The third kappa shape index (κ3) is 41.0. The lowest BCUT2D eigenvalue weighted by Crippen LogP contribution is -2.59. The van der Waals surface area contributed by atoms with E-state index in [9.17, 15) is 108 Å². The fourth-order valence-corrected chi connectivity index (χ4v) is 16.6. The number of carbonyl (C=O) groups is 8. The number of rotatable bonds is 65. The minimum atomic E-state index is -4.98. The van der Waals surface area contributed by atoms with Crippen LogP contribution >= 0.6 is 15.6 Å². The van der Waals surface area contributed by atoms with Gasteiger partial charge in [0.15, 0.2) is 12.6 Å². The molecule has 4 aliphatic heterocycles. The topological polar surface area (TPSA) is 581 Å². The second kappa shape index (κ2) is 59.3. The van der Waals surface area contributed by atoms with E-state index < -0.39 is 208 Å². The smallest absolute Gasteiger partial charge is 0.400 e. The van der Waals surface area contributed by atoms with Crippen LogP contribution in [0, 0.1) is 23.7 Å². The van der Waals surface area contributed by atoms with Crippen molar-refractivity contribution in [1.29, 1.82) is 0 Å². The van der Waals surface area contributed by atoms with Gasteiger partial charge in [-0.05, 0) is 96.8 Å². The summed E-state index contributed by atoms with van der Waals surface area (Å²) in [4.78, 5) is 128. The minimum absolute atomic E-state index is 0.0373. The Morgan fingerprint density at radius 3 is 1.34 bits per heavy atom. The number of hydrogen-bond donors (Lipinski definition) is 15. The third-order valence-corrected chi connectivity index (χ3v) is 24.5. The molecule has 0 bridgehead atoms. The number of nitrogens with one attached hydrogen (secondary N) is 2. The average molecular weight is 1780 g/mol. The summed E-state index contributed by atoms with van der Waals surface area (Å²) in [6, 6.07) is -1.02. The molecule has 0 aromatic rings. The van der Waals surface area contributed by atoms with Crippen LogP contribution in [0.2, 0.25) is 0 Å². The summed E-state index contributed by atoms with van der Waals surface area (Å²) in [5.41, 5.74) is -1.69. The summed E-state index contributed by atoms with van der Waals surface area (Å²) in [6.07, 6.45) is -5.99. The molecule has 1 aliphatic carbocycles. The Balaban J connectivity index is 0.0000153. The van der Waals surface area contributed by atoms with Crippen molar-refractivity contribution in [3.8, 4) is 0 Å². The molecule has 121 heavy (non-hydrogen) atoms. The van der Waals surface area contributed by atoms with Gasteiger partial charge in [-0.2, -0.15) is 0 Å². The van der Waals surface area contributed by atoms with Crippen molar-refractivity contribution < 1.29 is 174 Å². The molecule has 0 radical (unpaired) electrons. The monoisotopic (exact) mass is 1780 g/mol. The Labute approximate surface area is 710 Å². The summed E-state index contributed by atoms with van der Waals surface area (Å²) in [6.45, 7) is 3.05. The largest absolute Gasteiger partial charge is 0.472 e. The molecule has 41 heteroatoms. The molecule has 5 aliphatic rings. The number of carbonyl (C=O) groups excluding carboxylic acids is 8. The summed E-state index contributed by atoms with van der Waals surface area (Å²) in [7, 11) is -7.52. The van der Waals surface area contributed by atoms with E-state index in [0.29, 0.717) is 135 Å². The van der Waals surface area contributed by atoms with Gasteiger partial charge < -0.3 is 124 Å². The van der Waals surface area contributed by atoms with E-state index in [-0.39, 0.29) is 138 Å². The number of phosphoric ester groups is 2. The Hall–Kier alpha value is -3.82. The molecule has 22 atom stereocenters. The number of ketones is 5. The predicted octanol–water partition coefficient (Wildman–Crippen LogP) is 1.95. The fourth-order valence-electron chi connectivity index (χ4n) is 15.0. The number of aliphatic hydroxyl groups excluding tert-OH is 11. The first kappa shape index (κ1) is 110. The first-order valence-electron chi connectivity index (χ1n) is 42.9. The van der Waals surface area contributed by atoms with Crippen molar-refractivity contribution in [1.82, 2.24) is 15.5 Å². The SMILES string of the molecule is CO.COP(=O)(O)OC1C[C@H](C)O[C@@H]1COP(=O)(O)O[C@@H]1C[C@@H](CO)N(C(=O)CC(=O)NC(COCCC(=O)CCCCCC(=O)CCCCO[C@@H]2OC(CO)[C@H](O)[C@H](O)C2C)(COCCC(=O)CCCCCC(=O)CCCCO[C@@H]2OC(CO)[C@H](O)[C@H](O)C2C)COCCC(=O)NCCCCC(=O)CCCCO[C@@H]2CC(CO)[C@H](O)[C@H](O)C2C)C1. The summed E-state index contributed by atoms with van der Waals surface area (Å²) in [5.74, 6) is -4.30. The summed E-state index contributed by atoms with van der Waals surface area (Å²) in [5, 5.41) is 113. The predicted molar refractivity (Wildman–Crippen MR) is 430 cm³/mol. The Morgan fingerprint density at radius 2 is 0.884 bits per heavy atom. The second-order valence-electron chi connectivity index (χ2n) is 32.3. The number of Topliss-reactive ketones (excluding diaryl/α,β-unsaturated/α-hetero) is 5. The molecule has 0 spiro atoms.